The molecule has 0 radical (unpaired) electrons. The molecule has 1 amide bonds. The van der Waals surface area contributed by atoms with Gasteiger partial charge in [-0.2, -0.15) is 5.10 Å². The van der Waals surface area contributed by atoms with E-state index >= 15 is 0 Å². The summed E-state index contributed by atoms with van der Waals surface area (Å²) < 4.78 is 1.81. The molecule has 0 spiro atoms. The number of rotatable bonds is 1. The van der Waals surface area contributed by atoms with Crippen LogP contribution in [-0.2, 0) is 16.6 Å². The van der Waals surface area contributed by atoms with Crippen molar-refractivity contribution in [3.63, 3.8) is 0 Å². The molecule has 0 fully saturated rings. The number of hydrazine groups is 1. The average molecular weight is 321 g/mol. The SMILES string of the molecule is CC(C)(C)c1nn2cnccc2c1-c1ccc2c(c1)CC(=O)N2N. The van der Waals surface area contributed by atoms with E-state index in [1.807, 2.05) is 28.8 Å². The molecule has 0 saturated heterocycles. The lowest BCUT2D eigenvalue weighted by Crippen LogP contribution is -2.33. The number of hydrogen-bond acceptors (Lipinski definition) is 4. The number of carbonyl (C=O) groups excluding carboxylic acids is 1. The summed E-state index contributed by atoms with van der Waals surface area (Å²) in [4.78, 5) is 16.0. The van der Waals surface area contributed by atoms with Gasteiger partial charge in [-0.3, -0.25) is 4.79 Å². The second-order valence-corrected chi connectivity index (χ2v) is 7.17. The highest BCUT2D eigenvalue weighted by Gasteiger charge is 2.28. The van der Waals surface area contributed by atoms with E-state index in [2.05, 4.69) is 25.8 Å². The van der Waals surface area contributed by atoms with Crippen LogP contribution in [0.15, 0.2) is 36.8 Å². The van der Waals surface area contributed by atoms with Crippen LogP contribution in [0.4, 0.5) is 5.69 Å². The third-order valence-corrected chi connectivity index (χ3v) is 4.39. The van der Waals surface area contributed by atoms with Gasteiger partial charge in [-0.1, -0.05) is 26.8 Å². The third kappa shape index (κ3) is 2.11. The summed E-state index contributed by atoms with van der Waals surface area (Å²) >= 11 is 0. The quantitative estimate of drug-likeness (QED) is 0.552. The zero-order valence-electron chi connectivity index (χ0n) is 13.9. The number of amides is 1. The topological polar surface area (TPSA) is 76.5 Å². The molecule has 0 aliphatic carbocycles. The highest BCUT2D eigenvalue weighted by atomic mass is 16.2. The van der Waals surface area contributed by atoms with Crippen LogP contribution in [0.3, 0.4) is 0 Å². The molecule has 4 rings (SSSR count). The highest BCUT2D eigenvalue weighted by molar-refractivity contribution is 6.01. The maximum absolute atomic E-state index is 11.8. The molecule has 122 valence electrons. The van der Waals surface area contributed by atoms with Crippen molar-refractivity contribution in [2.24, 2.45) is 5.84 Å². The van der Waals surface area contributed by atoms with Crippen molar-refractivity contribution in [1.29, 1.82) is 0 Å². The maximum atomic E-state index is 11.8. The Balaban J connectivity index is 1.97. The second kappa shape index (κ2) is 4.88. The summed E-state index contributed by atoms with van der Waals surface area (Å²) in [5.41, 5.74) is 5.75. The first kappa shape index (κ1) is 14.8. The van der Waals surface area contributed by atoms with Crippen molar-refractivity contribution in [3.8, 4) is 11.1 Å². The van der Waals surface area contributed by atoms with Gasteiger partial charge in [0.2, 0.25) is 5.91 Å². The molecule has 2 N–H and O–H groups in total. The van der Waals surface area contributed by atoms with Gasteiger partial charge in [0.1, 0.15) is 6.33 Å². The molecular formula is C18H19N5O. The summed E-state index contributed by atoms with van der Waals surface area (Å²) in [7, 11) is 0. The number of benzene rings is 1. The molecule has 3 heterocycles. The molecule has 0 atom stereocenters. The van der Waals surface area contributed by atoms with Gasteiger partial charge < -0.3 is 0 Å². The monoisotopic (exact) mass is 321 g/mol. The maximum Gasteiger partial charge on any atom is 0.245 e. The van der Waals surface area contributed by atoms with Crippen LogP contribution in [0.2, 0.25) is 0 Å². The predicted molar refractivity (Wildman–Crippen MR) is 92.5 cm³/mol. The Morgan fingerprint density at radius 3 is 2.75 bits per heavy atom. The van der Waals surface area contributed by atoms with Crippen molar-refractivity contribution < 1.29 is 4.79 Å². The van der Waals surface area contributed by atoms with Crippen LogP contribution in [0.25, 0.3) is 16.6 Å². The van der Waals surface area contributed by atoms with Crippen LogP contribution in [0.5, 0.6) is 0 Å². The summed E-state index contributed by atoms with van der Waals surface area (Å²) in [5, 5.41) is 5.96. The Labute approximate surface area is 139 Å². The fourth-order valence-corrected chi connectivity index (χ4v) is 3.22. The minimum atomic E-state index is -0.115. The Morgan fingerprint density at radius 1 is 1.21 bits per heavy atom. The molecule has 1 aliphatic heterocycles. The van der Waals surface area contributed by atoms with E-state index in [-0.39, 0.29) is 11.3 Å². The molecule has 24 heavy (non-hydrogen) atoms. The third-order valence-electron chi connectivity index (χ3n) is 4.39. The van der Waals surface area contributed by atoms with Crippen molar-refractivity contribution >= 4 is 17.1 Å². The largest absolute Gasteiger partial charge is 0.273 e. The van der Waals surface area contributed by atoms with Gasteiger partial charge in [0.15, 0.2) is 0 Å². The molecule has 0 unspecified atom stereocenters. The van der Waals surface area contributed by atoms with Gasteiger partial charge in [-0.25, -0.2) is 20.4 Å². The van der Waals surface area contributed by atoms with E-state index in [0.717, 1.165) is 33.6 Å². The lowest BCUT2D eigenvalue weighted by Gasteiger charge is -2.18. The molecular weight excluding hydrogens is 302 g/mol. The molecule has 1 aromatic carbocycles. The van der Waals surface area contributed by atoms with E-state index in [4.69, 9.17) is 10.9 Å². The molecule has 2 aromatic heterocycles. The van der Waals surface area contributed by atoms with Crippen molar-refractivity contribution in [3.05, 3.63) is 48.0 Å². The fraction of sp³-hybridized carbons (Fsp3) is 0.278. The molecule has 1 aliphatic rings. The van der Waals surface area contributed by atoms with Crippen LogP contribution in [0.1, 0.15) is 32.0 Å². The lowest BCUT2D eigenvalue weighted by molar-refractivity contribution is -0.117. The summed E-state index contributed by atoms with van der Waals surface area (Å²) in [6.07, 6.45) is 3.82. The Hall–Kier alpha value is -2.73. The van der Waals surface area contributed by atoms with Crippen LogP contribution >= 0.6 is 0 Å². The summed E-state index contributed by atoms with van der Waals surface area (Å²) in [5.74, 6) is 5.73. The Morgan fingerprint density at radius 2 is 2.00 bits per heavy atom. The summed E-state index contributed by atoms with van der Waals surface area (Å²) in [6, 6.07) is 7.93. The predicted octanol–water partition coefficient (Wildman–Crippen LogP) is 2.46. The van der Waals surface area contributed by atoms with Gasteiger partial charge in [-0.15, -0.1) is 0 Å². The second-order valence-electron chi connectivity index (χ2n) is 7.17. The minimum absolute atomic E-state index is 0.0812. The molecule has 6 heteroatoms. The standard InChI is InChI=1S/C18H19N5O/c1-18(2,3)17-16(14-6-7-20-10-22(14)21-17)11-4-5-13-12(8-11)9-15(24)23(13)19/h4-8,10H,9,19H2,1-3H3. The number of nitrogens with two attached hydrogens (primary N) is 1. The number of aromatic nitrogens is 3. The van der Waals surface area contributed by atoms with Gasteiger partial charge in [0.05, 0.1) is 23.3 Å². The van der Waals surface area contributed by atoms with E-state index in [9.17, 15) is 4.79 Å². The van der Waals surface area contributed by atoms with Gasteiger partial charge >= 0.3 is 0 Å². The van der Waals surface area contributed by atoms with Crippen molar-refractivity contribution in [1.82, 2.24) is 14.6 Å². The van der Waals surface area contributed by atoms with E-state index in [0.29, 0.717) is 6.42 Å². The molecule has 0 saturated carbocycles. The number of nitrogens with zero attached hydrogens (tertiary/aromatic N) is 4. The van der Waals surface area contributed by atoms with Crippen molar-refractivity contribution in [2.75, 3.05) is 5.01 Å². The zero-order valence-corrected chi connectivity index (χ0v) is 13.9. The number of carbonyl (C=O) groups is 1. The van der Waals surface area contributed by atoms with E-state index in [1.54, 1.807) is 12.5 Å². The average Bonchev–Trinajstić information content (AvgIpc) is 3.05. The van der Waals surface area contributed by atoms with E-state index < -0.39 is 0 Å². The smallest absolute Gasteiger partial charge is 0.245 e. The molecule has 6 nitrogen and oxygen atoms in total. The first-order valence-electron chi connectivity index (χ1n) is 7.90. The first-order chi connectivity index (χ1) is 11.4. The van der Waals surface area contributed by atoms with Crippen LogP contribution < -0.4 is 10.9 Å². The highest BCUT2D eigenvalue weighted by Crippen LogP contribution is 2.38. The minimum Gasteiger partial charge on any atom is -0.273 e. The lowest BCUT2D eigenvalue weighted by atomic mass is 9.86. The summed E-state index contributed by atoms with van der Waals surface area (Å²) in [6.45, 7) is 6.43. The van der Waals surface area contributed by atoms with Gasteiger partial charge in [0, 0.05) is 17.2 Å². The molecule has 0 bridgehead atoms. The van der Waals surface area contributed by atoms with Gasteiger partial charge in [0.25, 0.3) is 0 Å². The fourth-order valence-electron chi connectivity index (χ4n) is 3.22. The molecule has 3 aromatic rings. The Kier molecular flexibility index (Phi) is 3.02. The normalized spacial score (nSPS) is 14.5. The number of hydrogen-bond donors (Lipinski definition) is 1. The number of fused-ring (bicyclic) bond motifs is 2. The van der Waals surface area contributed by atoms with Crippen LogP contribution in [0, 0.1) is 0 Å². The van der Waals surface area contributed by atoms with E-state index in [1.165, 1.54) is 5.01 Å². The van der Waals surface area contributed by atoms with Gasteiger partial charge in [-0.05, 0) is 29.3 Å². The van der Waals surface area contributed by atoms with Crippen molar-refractivity contribution in [2.45, 2.75) is 32.6 Å². The zero-order chi connectivity index (χ0) is 17.1. The number of anilines is 1. The first-order valence-corrected chi connectivity index (χ1v) is 7.90. The van der Waals surface area contributed by atoms with Crippen LogP contribution in [-0.4, -0.2) is 20.5 Å². The Bertz CT molecular complexity index is 967.